The molecule has 1 aromatic heterocycles. The third-order valence-electron chi connectivity index (χ3n) is 3.84. The van der Waals surface area contributed by atoms with E-state index in [1.807, 2.05) is 0 Å². The van der Waals surface area contributed by atoms with Gasteiger partial charge in [0.2, 0.25) is 0 Å². The molecular formula is C15H14ClNO3. The summed E-state index contributed by atoms with van der Waals surface area (Å²) >= 11 is 6.15. The molecule has 2 aromatic rings. The normalized spacial score (nSPS) is 18.0. The number of nitrogens with zero attached hydrogens (tertiary/aromatic N) is 1. The lowest BCUT2D eigenvalue weighted by atomic mass is 9.88. The number of carbonyl (C=O) groups is 1. The van der Waals surface area contributed by atoms with Gasteiger partial charge in [-0.25, -0.2) is 4.79 Å². The summed E-state index contributed by atoms with van der Waals surface area (Å²) in [6, 6.07) is 5.24. The first-order chi connectivity index (χ1) is 9.61. The smallest absolute Gasteiger partial charge is 0.336 e. The Morgan fingerprint density at radius 3 is 3.00 bits per heavy atom. The van der Waals surface area contributed by atoms with Gasteiger partial charge in [-0.05, 0) is 24.5 Å². The largest absolute Gasteiger partial charge is 0.478 e. The average Bonchev–Trinajstić information content (AvgIpc) is 2.44. The van der Waals surface area contributed by atoms with Crippen LogP contribution in [0.5, 0.6) is 0 Å². The number of para-hydroxylation sites is 1. The first-order valence-electron chi connectivity index (χ1n) is 6.48. The molecule has 1 aromatic carbocycles. The molecule has 0 spiro atoms. The number of hydrogen-bond acceptors (Lipinski definition) is 3. The zero-order valence-electron chi connectivity index (χ0n) is 11.0. The summed E-state index contributed by atoms with van der Waals surface area (Å²) in [4.78, 5) is 16.3. The molecule has 5 heteroatoms. The number of aromatic nitrogens is 1. The van der Waals surface area contributed by atoms with Gasteiger partial charge in [-0.1, -0.05) is 23.7 Å². The number of pyridine rings is 1. The second kappa shape index (κ2) is 5.04. The molecule has 20 heavy (non-hydrogen) atoms. The van der Waals surface area contributed by atoms with E-state index in [1.165, 1.54) is 0 Å². The number of aromatic carboxylic acids is 1. The van der Waals surface area contributed by atoms with Crippen LogP contribution in [-0.2, 0) is 17.6 Å². The minimum atomic E-state index is -0.937. The van der Waals surface area contributed by atoms with Crippen LogP contribution in [0.4, 0.5) is 0 Å². The van der Waals surface area contributed by atoms with Crippen molar-refractivity contribution in [3.05, 3.63) is 40.0 Å². The number of benzene rings is 1. The lowest BCUT2D eigenvalue weighted by molar-refractivity contribution is 0.0690. The summed E-state index contributed by atoms with van der Waals surface area (Å²) in [5.41, 5.74) is 2.50. The molecule has 1 heterocycles. The Morgan fingerprint density at radius 1 is 1.50 bits per heavy atom. The molecule has 0 bridgehead atoms. The Balaban J connectivity index is 2.32. The van der Waals surface area contributed by atoms with Crippen molar-refractivity contribution in [3.8, 4) is 0 Å². The van der Waals surface area contributed by atoms with Gasteiger partial charge in [-0.2, -0.15) is 0 Å². The van der Waals surface area contributed by atoms with E-state index in [1.54, 1.807) is 25.3 Å². The molecule has 1 unspecified atom stereocenters. The maximum absolute atomic E-state index is 11.7. The van der Waals surface area contributed by atoms with E-state index in [-0.39, 0.29) is 6.10 Å². The van der Waals surface area contributed by atoms with Crippen molar-refractivity contribution < 1.29 is 14.6 Å². The van der Waals surface area contributed by atoms with Crippen LogP contribution in [-0.4, -0.2) is 29.3 Å². The molecule has 0 fully saturated rings. The zero-order chi connectivity index (χ0) is 14.3. The lowest BCUT2D eigenvalue weighted by Gasteiger charge is -2.25. The Morgan fingerprint density at radius 2 is 2.30 bits per heavy atom. The third kappa shape index (κ3) is 2.05. The Labute approximate surface area is 121 Å². The fourth-order valence-corrected chi connectivity index (χ4v) is 3.06. The van der Waals surface area contributed by atoms with Gasteiger partial charge in [-0.15, -0.1) is 0 Å². The number of aryl methyl sites for hydroxylation is 1. The highest BCUT2D eigenvalue weighted by Gasteiger charge is 2.27. The fourth-order valence-electron chi connectivity index (χ4n) is 2.84. The number of rotatable bonds is 2. The third-order valence-corrected chi connectivity index (χ3v) is 4.14. The van der Waals surface area contributed by atoms with Gasteiger partial charge in [0.05, 0.1) is 22.2 Å². The molecule has 1 aliphatic rings. The van der Waals surface area contributed by atoms with Gasteiger partial charge in [0.1, 0.15) is 0 Å². The highest BCUT2D eigenvalue weighted by molar-refractivity contribution is 6.35. The molecule has 1 aliphatic carbocycles. The standard InChI is InChI=1S/C15H14ClNO3/c1-20-8-5-6-12-10(7-8)13(15(18)19)9-3-2-4-11(16)14(9)17-12/h2-4,8H,5-7H2,1H3,(H,18,19). The Hall–Kier alpha value is -1.65. The fraction of sp³-hybridized carbons (Fsp3) is 0.333. The first-order valence-corrected chi connectivity index (χ1v) is 6.85. The van der Waals surface area contributed by atoms with Crippen LogP contribution in [0.2, 0.25) is 5.02 Å². The topological polar surface area (TPSA) is 59.4 Å². The molecule has 0 radical (unpaired) electrons. The number of carboxylic acids is 1. The van der Waals surface area contributed by atoms with Crippen molar-refractivity contribution in [2.24, 2.45) is 0 Å². The van der Waals surface area contributed by atoms with Gasteiger partial charge < -0.3 is 9.84 Å². The average molecular weight is 292 g/mol. The van der Waals surface area contributed by atoms with Crippen molar-refractivity contribution in [1.29, 1.82) is 0 Å². The molecule has 1 N–H and O–H groups in total. The molecule has 104 valence electrons. The minimum Gasteiger partial charge on any atom is -0.478 e. The number of halogens is 1. The molecule has 0 amide bonds. The predicted octanol–water partition coefficient (Wildman–Crippen LogP) is 3.09. The predicted molar refractivity (Wildman–Crippen MR) is 76.5 cm³/mol. The molecule has 0 saturated carbocycles. The molecule has 0 saturated heterocycles. The molecule has 1 atom stereocenters. The summed E-state index contributed by atoms with van der Waals surface area (Å²) in [5.74, 6) is -0.937. The van der Waals surface area contributed by atoms with Crippen molar-refractivity contribution in [2.75, 3.05) is 7.11 Å². The van der Waals surface area contributed by atoms with E-state index in [0.29, 0.717) is 27.9 Å². The van der Waals surface area contributed by atoms with Crippen LogP contribution < -0.4 is 0 Å². The Kier molecular flexibility index (Phi) is 3.36. The number of fused-ring (bicyclic) bond motifs is 2. The molecule has 4 nitrogen and oxygen atoms in total. The maximum Gasteiger partial charge on any atom is 0.336 e. The summed E-state index contributed by atoms with van der Waals surface area (Å²) in [5, 5.41) is 10.7. The Bertz CT molecular complexity index is 699. The van der Waals surface area contributed by atoms with E-state index in [4.69, 9.17) is 16.3 Å². The van der Waals surface area contributed by atoms with Crippen LogP contribution in [0, 0.1) is 0 Å². The van der Waals surface area contributed by atoms with Gasteiger partial charge in [0.15, 0.2) is 0 Å². The van der Waals surface area contributed by atoms with Crippen LogP contribution in [0.1, 0.15) is 28.0 Å². The second-order valence-corrected chi connectivity index (χ2v) is 5.36. The number of carboxylic acid groups (broad SMARTS) is 1. The lowest BCUT2D eigenvalue weighted by Crippen LogP contribution is -2.24. The van der Waals surface area contributed by atoms with E-state index < -0.39 is 5.97 Å². The zero-order valence-corrected chi connectivity index (χ0v) is 11.8. The highest BCUT2D eigenvalue weighted by atomic mass is 35.5. The second-order valence-electron chi connectivity index (χ2n) is 4.95. The van der Waals surface area contributed by atoms with Crippen LogP contribution in [0.15, 0.2) is 18.2 Å². The van der Waals surface area contributed by atoms with Crippen molar-refractivity contribution in [2.45, 2.75) is 25.4 Å². The van der Waals surface area contributed by atoms with E-state index in [2.05, 4.69) is 4.98 Å². The van der Waals surface area contributed by atoms with E-state index >= 15 is 0 Å². The number of ether oxygens (including phenoxy) is 1. The molecule has 0 aliphatic heterocycles. The first kappa shape index (κ1) is 13.3. The highest BCUT2D eigenvalue weighted by Crippen LogP contribution is 2.32. The summed E-state index contributed by atoms with van der Waals surface area (Å²) in [6.07, 6.45) is 2.21. The van der Waals surface area contributed by atoms with Gasteiger partial charge in [-0.3, -0.25) is 4.98 Å². The molecular weight excluding hydrogens is 278 g/mol. The minimum absolute atomic E-state index is 0.0547. The summed E-state index contributed by atoms with van der Waals surface area (Å²) in [6.45, 7) is 0. The molecule has 3 rings (SSSR count). The van der Waals surface area contributed by atoms with Gasteiger partial charge >= 0.3 is 5.97 Å². The monoisotopic (exact) mass is 291 g/mol. The summed E-state index contributed by atoms with van der Waals surface area (Å²) in [7, 11) is 1.65. The van der Waals surface area contributed by atoms with E-state index in [9.17, 15) is 9.90 Å². The SMILES string of the molecule is COC1CCc2nc3c(Cl)cccc3c(C(=O)O)c2C1. The van der Waals surface area contributed by atoms with Gasteiger partial charge in [0.25, 0.3) is 0 Å². The van der Waals surface area contributed by atoms with Crippen molar-refractivity contribution in [3.63, 3.8) is 0 Å². The van der Waals surface area contributed by atoms with Crippen molar-refractivity contribution >= 4 is 28.5 Å². The number of methoxy groups -OCH3 is 1. The van der Waals surface area contributed by atoms with Crippen LogP contribution in [0.25, 0.3) is 10.9 Å². The maximum atomic E-state index is 11.7. The van der Waals surface area contributed by atoms with Crippen molar-refractivity contribution in [1.82, 2.24) is 4.98 Å². The quantitative estimate of drug-likeness (QED) is 0.924. The number of hydrogen-bond donors (Lipinski definition) is 1. The van der Waals surface area contributed by atoms with Gasteiger partial charge in [0, 0.05) is 24.6 Å². The van der Waals surface area contributed by atoms with Crippen LogP contribution in [0.3, 0.4) is 0 Å². The summed E-state index contributed by atoms with van der Waals surface area (Å²) < 4.78 is 5.37. The van der Waals surface area contributed by atoms with E-state index in [0.717, 1.165) is 24.1 Å². The van der Waals surface area contributed by atoms with Crippen LogP contribution >= 0.6 is 11.6 Å².